The third-order valence-corrected chi connectivity index (χ3v) is 6.08. The van der Waals surface area contributed by atoms with Gasteiger partial charge in [-0.3, -0.25) is 9.59 Å². The molecule has 32 heavy (non-hydrogen) atoms. The van der Waals surface area contributed by atoms with E-state index in [4.69, 9.17) is 9.47 Å². The van der Waals surface area contributed by atoms with E-state index in [0.29, 0.717) is 32.0 Å². The van der Waals surface area contributed by atoms with E-state index in [2.05, 4.69) is 20.8 Å². The molecule has 0 bridgehead atoms. The minimum Gasteiger partial charge on any atom is -0.466 e. The molecule has 0 aromatic rings. The van der Waals surface area contributed by atoms with Gasteiger partial charge in [-0.15, -0.1) is 0 Å². The molecule has 0 rings (SSSR count). The van der Waals surface area contributed by atoms with Crippen molar-refractivity contribution in [2.75, 3.05) is 13.2 Å². The largest absolute Gasteiger partial charge is 0.466 e. The van der Waals surface area contributed by atoms with Gasteiger partial charge >= 0.3 is 11.9 Å². The molecule has 0 amide bonds. The van der Waals surface area contributed by atoms with E-state index in [1.165, 1.54) is 70.6 Å². The van der Waals surface area contributed by atoms with Crippen LogP contribution in [0.2, 0.25) is 0 Å². The van der Waals surface area contributed by atoms with Gasteiger partial charge in [0.15, 0.2) is 0 Å². The van der Waals surface area contributed by atoms with E-state index in [1.807, 2.05) is 0 Å². The van der Waals surface area contributed by atoms with E-state index in [9.17, 15) is 9.59 Å². The fraction of sp³-hybridized carbons (Fsp3) is 0.929. The molecule has 0 aliphatic heterocycles. The molecule has 0 radical (unpaired) electrons. The molecule has 0 aromatic heterocycles. The number of carbonyl (C=O) groups is 2. The zero-order chi connectivity index (χ0) is 23.7. The molecule has 0 aliphatic carbocycles. The number of carbonyl (C=O) groups excluding carboxylic acids is 2. The molecule has 190 valence electrons. The highest BCUT2D eigenvalue weighted by Crippen LogP contribution is 2.13. The monoisotopic (exact) mass is 454 g/mol. The minimum atomic E-state index is -0.113. The van der Waals surface area contributed by atoms with Crippen LogP contribution < -0.4 is 0 Å². The Morgan fingerprint density at radius 3 is 1.50 bits per heavy atom. The summed E-state index contributed by atoms with van der Waals surface area (Å²) in [6, 6.07) is 0. The van der Waals surface area contributed by atoms with Gasteiger partial charge in [-0.2, -0.15) is 0 Å². The lowest BCUT2D eigenvalue weighted by Crippen LogP contribution is -2.11. The second-order valence-electron chi connectivity index (χ2n) is 9.60. The van der Waals surface area contributed by atoms with Crippen LogP contribution in [0.15, 0.2) is 0 Å². The molecule has 0 fully saturated rings. The van der Waals surface area contributed by atoms with Crippen molar-refractivity contribution in [2.24, 2.45) is 5.92 Å². The van der Waals surface area contributed by atoms with Gasteiger partial charge in [-0.1, -0.05) is 111 Å². The van der Waals surface area contributed by atoms with Gasteiger partial charge in [0.25, 0.3) is 0 Å². The summed E-state index contributed by atoms with van der Waals surface area (Å²) in [5, 5.41) is 0. The summed E-state index contributed by atoms with van der Waals surface area (Å²) >= 11 is 0. The van der Waals surface area contributed by atoms with E-state index < -0.39 is 0 Å². The maximum absolute atomic E-state index is 11.8. The van der Waals surface area contributed by atoms with E-state index in [0.717, 1.165) is 44.9 Å². The first-order valence-corrected chi connectivity index (χ1v) is 13.9. The lowest BCUT2D eigenvalue weighted by Gasteiger charge is -2.10. The Morgan fingerprint density at radius 2 is 1.00 bits per heavy atom. The first-order chi connectivity index (χ1) is 15.6. The smallest absolute Gasteiger partial charge is 0.305 e. The van der Waals surface area contributed by atoms with E-state index >= 15 is 0 Å². The Hall–Kier alpha value is -1.06. The maximum Gasteiger partial charge on any atom is 0.305 e. The summed E-state index contributed by atoms with van der Waals surface area (Å²) in [6.07, 6.45) is 22.7. The highest BCUT2D eigenvalue weighted by molar-refractivity contribution is 5.69. The van der Waals surface area contributed by atoms with Crippen molar-refractivity contribution >= 4 is 11.9 Å². The third-order valence-electron chi connectivity index (χ3n) is 6.08. The Morgan fingerprint density at radius 1 is 0.562 bits per heavy atom. The van der Waals surface area contributed by atoms with Crippen molar-refractivity contribution in [2.45, 2.75) is 149 Å². The zero-order valence-corrected chi connectivity index (χ0v) is 21.8. The summed E-state index contributed by atoms with van der Waals surface area (Å²) in [6.45, 7) is 7.60. The number of unbranched alkanes of at least 4 members (excludes halogenated alkanes) is 14. The predicted octanol–water partition coefficient (Wildman–Crippen LogP) is 8.55. The van der Waals surface area contributed by atoms with Crippen LogP contribution in [-0.4, -0.2) is 25.2 Å². The van der Waals surface area contributed by atoms with Crippen LogP contribution in [0, 0.1) is 5.92 Å². The minimum absolute atomic E-state index is 0.0973. The molecule has 0 aliphatic rings. The van der Waals surface area contributed by atoms with Gasteiger partial charge in [-0.05, 0) is 31.6 Å². The summed E-state index contributed by atoms with van der Waals surface area (Å²) in [5.74, 6) is 0.228. The first kappa shape index (κ1) is 30.9. The number of rotatable bonds is 24. The first-order valence-electron chi connectivity index (χ1n) is 13.9. The summed E-state index contributed by atoms with van der Waals surface area (Å²) < 4.78 is 10.6. The number of ether oxygens (including phenoxy) is 2. The lowest BCUT2D eigenvalue weighted by molar-refractivity contribution is -0.145. The quantitative estimate of drug-likeness (QED) is 0.108. The van der Waals surface area contributed by atoms with Gasteiger partial charge in [0.05, 0.1) is 13.2 Å². The highest BCUT2D eigenvalue weighted by Gasteiger charge is 2.07. The number of hydrogen-bond donors (Lipinski definition) is 0. The molecule has 0 heterocycles. The second kappa shape index (κ2) is 24.6. The predicted molar refractivity (Wildman–Crippen MR) is 135 cm³/mol. The van der Waals surface area contributed by atoms with Crippen LogP contribution in [-0.2, 0) is 19.1 Å². The molecule has 4 nitrogen and oxygen atoms in total. The van der Waals surface area contributed by atoms with Gasteiger partial charge in [0, 0.05) is 12.8 Å². The van der Waals surface area contributed by atoms with Crippen molar-refractivity contribution < 1.29 is 19.1 Å². The Labute approximate surface area is 199 Å². The van der Waals surface area contributed by atoms with Crippen LogP contribution in [0.3, 0.4) is 0 Å². The molecule has 0 aromatic carbocycles. The average Bonchev–Trinajstić information content (AvgIpc) is 2.78. The van der Waals surface area contributed by atoms with Crippen LogP contribution in [0.4, 0.5) is 0 Å². The Kier molecular flexibility index (Phi) is 23.8. The van der Waals surface area contributed by atoms with Gasteiger partial charge in [0.1, 0.15) is 0 Å². The van der Waals surface area contributed by atoms with Gasteiger partial charge < -0.3 is 9.47 Å². The SMILES string of the molecule is CCCCCCCCCCCCCCCOC(=O)CCCCCC(=O)OCC(C)CCC. The zero-order valence-electron chi connectivity index (χ0n) is 21.8. The van der Waals surface area contributed by atoms with Crippen LogP contribution >= 0.6 is 0 Å². The normalized spacial score (nSPS) is 12.0. The summed E-state index contributed by atoms with van der Waals surface area (Å²) in [7, 11) is 0. The second-order valence-corrected chi connectivity index (χ2v) is 9.60. The van der Waals surface area contributed by atoms with Crippen molar-refractivity contribution in [3.05, 3.63) is 0 Å². The topological polar surface area (TPSA) is 52.6 Å². The average molecular weight is 455 g/mol. The standard InChI is InChI=1S/C28H54O4/c1-4-6-7-8-9-10-11-12-13-14-15-16-20-24-31-27(29)22-18-17-19-23-28(30)32-25-26(3)21-5-2/h26H,4-25H2,1-3H3. The molecule has 0 spiro atoms. The molecule has 1 atom stereocenters. The molecule has 0 saturated carbocycles. The molecule has 4 heteroatoms. The van der Waals surface area contributed by atoms with Gasteiger partial charge in [0.2, 0.25) is 0 Å². The Balaban J connectivity index is 3.29. The number of hydrogen-bond acceptors (Lipinski definition) is 4. The molecule has 0 saturated heterocycles. The highest BCUT2D eigenvalue weighted by atomic mass is 16.5. The van der Waals surface area contributed by atoms with Crippen LogP contribution in [0.25, 0.3) is 0 Å². The fourth-order valence-electron chi connectivity index (χ4n) is 3.98. The molecular weight excluding hydrogens is 400 g/mol. The summed E-state index contributed by atoms with van der Waals surface area (Å²) in [5.41, 5.74) is 0. The summed E-state index contributed by atoms with van der Waals surface area (Å²) in [4.78, 5) is 23.5. The lowest BCUT2D eigenvalue weighted by atomic mass is 10.0. The van der Waals surface area contributed by atoms with Gasteiger partial charge in [-0.25, -0.2) is 0 Å². The van der Waals surface area contributed by atoms with Crippen molar-refractivity contribution in [3.63, 3.8) is 0 Å². The van der Waals surface area contributed by atoms with E-state index in [1.54, 1.807) is 0 Å². The van der Waals surface area contributed by atoms with E-state index in [-0.39, 0.29) is 11.9 Å². The Bertz CT molecular complexity index is 422. The molecular formula is C28H54O4. The molecule has 1 unspecified atom stereocenters. The third kappa shape index (κ3) is 23.6. The molecule has 0 N–H and O–H groups in total. The van der Waals surface area contributed by atoms with Crippen molar-refractivity contribution in [3.8, 4) is 0 Å². The number of esters is 2. The van der Waals surface area contributed by atoms with Crippen molar-refractivity contribution in [1.82, 2.24) is 0 Å². The fourth-order valence-corrected chi connectivity index (χ4v) is 3.98. The van der Waals surface area contributed by atoms with Crippen LogP contribution in [0.5, 0.6) is 0 Å². The van der Waals surface area contributed by atoms with Crippen LogP contribution in [0.1, 0.15) is 149 Å². The van der Waals surface area contributed by atoms with Crippen molar-refractivity contribution in [1.29, 1.82) is 0 Å². The maximum atomic E-state index is 11.8.